The Morgan fingerprint density at radius 1 is 1.25 bits per heavy atom. The molecule has 1 aromatic rings. The first-order valence-corrected chi connectivity index (χ1v) is 7.19. The third kappa shape index (κ3) is 5.03. The molecule has 0 aliphatic rings. The van der Waals surface area contributed by atoms with E-state index in [1.807, 2.05) is 6.92 Å². The van der Waals surface area contributed by atoms with E-state index in [1.165, 1.54) is 0 Å². The van der Waals surface area contributed by atoms with Gasteiger partial charge in [-0.2, -0.15) is 0 Å². The van der Waals surface area contributed by atoms with Crippen molar-refractivity contribution in [1.29, 1.82) is 0 Å². The average Bonchev–Trinajstić information content (AvgIpc) is 2.41. The van der Waals surface area contributed by atoms with Crippen LogP contribution in [0.15, 0.2) is 24.3 Å². The molecule has 1 rings (SSSR count). The second-order valence-corrected chi connectivity index (χ2v) is 4.96. The van der Waals surface area contributed by atoms with Crippen LogP contribution in [0.25, 0.3) is 0 Å². The first kappa shape index (κ1) is 16.2. The Hall–Kier alpha value is -1.84. The number of hydrogen-bond donors (Lipinski definition) is 2. The Morgan fingerprint density at radius 3 is 2.55 bits per heavy atom. The summed E-state index contributed by atoms with van der Waals surface area (Å²) in [6.45, 7) is 4.11. The molecule has 1 amide bonds. The van der Waals surface area contributed by atoms with E-state index in [1.54, 1.807) is 24.3 Å². The number of carbonyl (C=O) groups excluding carboxylic acids is 1. The van der Waals surface area contributed by atoms with Crippen molar-refractivity contribution < 1.29 is 14.7 Å². The number of carbonyl (C=O) groups is 2. The first-order valence-electron chi connectivity index (χ1n) is 7.19. The van der Waals surface area contributed by atoms with Gasteiger partial charge in [0.25, 0.3) is 0 Å². The fourth-order valence-electron chi connectivity index (χ4n) is 2.17. The van der Waals surface area contributed by atoms with E-state index in [-0.39, 0.29) is 18.2 Å². The second-order valence-electron chi connectivity index (χ2n) is 4.96. The van der Waals surface area contributed by atoms with Gasteiger partial charge in [0.1, 0.15) is 0 Å². The standard InChI is InChI=1S/C16H23NO3/c1-3-5-8-12(4-2)16(20)17-14-10-7-6-9-13(14)11-15(18)19/h6-7,9-10,12H,3-5,8,11H2,1-2H3,(H,17,20)(H,18,19). The summed E-state index contributed by atoms with van der Waals surface area (Å²) in [5, 5.41) is 11.8. The lowest BCUT2D eigenvalue weighted by Crippen LogP contribution is -2.23. The Balaban J connectivity index is 2.76. The number of carboxylic acid groups (broad SMARTS) is 1. The highest BCUT2D eigenvalue weighted by atomic mass is 16.4. The molecule has 0 bridgehead atoms. The summed E-state index contributed by atoms with van der Waals surface area (Å²) in [5.74, 6) is -0.920. The number of anilines is 1. The number of hydrogen-bond acceptors (Lipinski definition) is 2. The minimum atomic E-state index is -0.898. The molecule has 0 spiro atoms. The van der Waals surface area contributed by atoms with Crippen LogP contribution in [0.5, 0.6) is 0 Å². The number of carboxylic acids is 1. The van der Waals surface area contributed by atoms with Crippen molar-refractivity contribution in [3.05, 3.63) is 29.8 Å². The van der Waals surface area contributed by atoms with Crippen LogP contribution in [-0.4, -0.2) is 17.0 Å². The van der Waals surface area contributed by atoms with Gasteiger partial charge in [0.15, 0.2) is 0 Å². The maximum atomic E-state index is 12.2. The van der Waals surface area contributed by atoms with Crippen molar-refractivity contribution >= 4 is 17.6 Å². The summed E-state index contributed by atoms with van der Waals surface area (Å²) in [4.78, 5) is 23.1. The minimum absolute atomic E-state index is 0.00664. The van der Waals surface area contributed by atoms with Crippen molar-refractivity contribution in [2.45, 2.75) is 46.0 Å². The third-order valence-corrected chi connectivity index (χ3v) is 3.39. The lowest BCUT2D eigenvalue weighted by Gasteiger charge is -2.16. The zero-order chi connectivity index (χ0) is 15.0. The molecule has 4 nitrogen and oxygen atoms in total. The van der Waals surface area contributed by atoms with Gasteiger partial charge in [-0.15, -0.1) is 0 Å². The van der Waals surface area contributed by atoms with Crippen LogP contribution < -0.4 is 5.32 Å². The van der Waals surface area contributed by atoms with Crippen LogP contribution in [0.2, 0.25) is 0 Å². The molecule has 0 saturated carbocycles. The number of rotatable bonds is 8. The van der Waals surface area contributed by atoms with Gasteiger partial charge in [-0.05, 0) is 24.5 Å². The molecule has 0 aliphatic heterocycles. The van der Waals surface area contributed by atoms with Gasteiger partial charge in [0.05, 0.1) is 6.42 Å². The van der Waals surface area contributed by atoms with Crippen LogP contribution in [0, 0.1) is 5.92 Å². The third-order valence-electron chi connectivity index (χ3n) is 3.39. The fourth-order valence-corrected chi connectivity index (χ4v) is 2.17. The largest absolute Gasteiger partial charge is 0.481 e. The Morgan fingerprint density at radius 2 is 1.95 bits per heavy atom. The summed E-state index contributed by atoms with van der Waals surface area (Å²) in [7, 11) is 0. The molecule has 1 aromatic carbocycles. The van der Waals surface area contributed by atoms with E-state index in [9.17, 15) is 9.59 Å². The van der Waals surface area contributed by atoms with Crippen LogP contribution in [0.4, 0.5) is 5.69 Å². The summed E-state index contributed by atoms with van der Waals surface area (Å²) in [6, 6.07) is 7.07. The van der Waals surface area contributed by atoms with Crippen LogP contribution in [-0.2, 0) is 16.0 Å². The van der Waals surface area contributed by atoms with Gasteiger partial charge in [-0.1, -0.05) is 44.9 Å². The fraction of sp³-hybridized carbons (Fsp3) is 0.500. The van der Waals surface area contributed by atoms with E-state index in [2.05, 4.69) is 12.2 Å². The summed E-state index contributed by atoms with van der Waals surface area (Å²) in [5.41, 5.74) is 1.24. The highest BCUT2D eigenvalue weighted by molar-refractivity contribution is 5.93. The normalized spacial score (nSPS) is 11.9. The molecule has 0 saturated heterocycles. The molecule has 0 aliphatic carbocycles. The molecule has 1 unspecified atom stereocenters. The predicted molar refractivity (Wildman–Crippen MR) is 79.7 cm³/mol. The number of para-hydroxylation sites is 1. The van der Waals surface area contributed by atoms with Gasteiger partial charge in [-0.25, -0.2) is 0 Å². The van der Waals surface area contributed by atoms with Gasteiger partial charge in [0, 0.05) is 11.6 Å². The Kier molecular flexibility index (Phi) is 6.77. The van der Waals surface area contributed by atoms with E-state index >= 15 is 0 Å². The monoisotopic (exact) mass is 277 g/mol. The first-order chi connectivity index (χ1) is 9.58. The highest BCUT2D eigenvalue weighted by Crippen LogP contribution is 2.19. The van der Waals surface area contributed by atoms with Gasteiger partial charge >= 0.3 is 5.97 Å². The number of aliphatic carboxylic acids is 1. The summed E-state index contributed by atoms with van der Waals surface area (Å²) >= 11 is 0. The summed E-state index contributed by atoms with van der Waals surface area (Å²) < 4.78 is 0. The molecule has 2 N–H and O–H groups in total. The van der Waals surface area contributed by atoms with Crippen LogP contribution >= 0.6 is 0 Å². The quantitative estimate of drug-likeness (QED) is 0.764. The van der Waals surface area contributed by atoms with Crippen molar-refractivity contribution in [1.82, 2.24) is 0 Å². The summed E-state index contributed by atoms with van der Waals surface area (Å²) in [6.07, 6.45) is 3.69. The van der Waals surface area contributed by atoms with Crippen molar-refractivity contribution in [2.24, 2.45) is 5.92 Å². The average molecular weight is 277 g/mol. The maximum absolute atomic E-state index is 12.2. The Bertz CT molecular complexity index is 457. The van der Waals surface area contributed by atoms with E-state index < -0.39 is 5.97 Å². The smallest absolute Gasteiger partial charge is 0.307 e. The molecule has 20 heavy (non-hydrogen) atoms. The van der Waals surface area contributed by atoms with E-state index in [0.29, 0.717) is 11.3 Å². The molecule has 0 radical (unpaired) electrons. The van der Waals surface area contributed by atoms with Crippen LogP contribution in [0.1, 0.15) is 45.1 Å². The lowest BCUT2D eigenvalue weighted by molar-refractivity contribution is -0.136. The highest BCUT2D eigenvalue weighted by Gasteiger charge is 2.17. The number of amides is 1. The molecule has 0 fully saturated rings. The number of unbranched alkanes of at least 4 members (excludes halogenated alkanes) is 1. The minimum Gasteiger partial charge on any atom is -0.481 e. The Labute approximate surface area is 120 Å². The van der Waals surface area contributed by atoms with Crippen LogP contribution in [0.3, 0.4) is 0 Å². The van der Waals surface area contributed by atoms with Gasteiger partial charge < -0.3 is 10.4 Å². The van der Waals surface area contributed by atoms with Gasteiger partial charge in [-0.3, -0.25) is 9.59 Å². The second kappa shape index (κ2) is 8.35. The van der Waals surface area contributed by atoms with E-state index in [4.69, 9.17) is 5.11 Å². The zero-order valence-electron chi connectivity index (χ0n) is 12.2. The van der Waals surface area contributed by atoms with Crippen molar-refractivity contribution in [3.8, 4) is 0 Å². The molecule has 0 heterocycles. The number of benzene rings is 1. The molecule has 4 heteroatoms. The molecule has 0 aromatic heterocycles. The molecular weight excluding hydrogens is 254 g/mol. The zero-order valence-corrected chi connectivity index (χ0v) is 12.2. The molecule has 110 valence electrons. The maximum Gasteiger partial charge on any atom is 0.307 e. The van der Waals surface area contributed by atoms with Crippen molar-refractivity contribution in [3.63, 3.8) is 0 Å². The van der Waals surface area contributed by atoms with E-state index in [0.717, 1.165) is 25.7 Å². The molecular formula is C16H23NO3. The van der Waals surface area contributed by atoms with Crippen molar-refractivity contribution in [2.75, 3.05) is 5.32 Å². The SMILES string of the molecule is CCCCC(CC)C(=O)Nc1ccccc1CC(=O)O. The number of nitrogens with one attached hydrogen (secondary N) is 1. The van der Waals surface area contributed by atoms with Gasteiger partial charge in [0.2, 0.25) is 5.91 Å². The topological polar surface area (TPSA) is 66.4 Å². The molecule has 1 atom stereocenters. The predicted octanol–water partition coefficient (Wildman–Crippen LogP) is 3.47. The lowest BCUT2D eigenvalue weighted by atomic mass is 9.98.